The van der Waals surface area contributed by atoms with E-state index in [4.69, 9.17) is 0 Å². The van der Waals surface area contributed by atoms with Crippen molar-refractivity contribution in [2.24, 2.45) is 11.8 Å². The van der Waals surface area contributed by atoms with Crippen molar-refractivity contribution in [3.63, 3.8) is 0 Å². The molecule has 1 aromatic rings. The first-order chi connectivity index (χ1) is 7.45. The van der Waals surface area contributed by atoms with Crippen LogP contribution in [0.5, 0.6) is 0 Å². The zero-order chi connectivity index (χ0) is 10.1. The van der Waals surface area contributed by atoms with E-state index in [0.29, 0.717) is 11.8 Å². The van der Waals surface area contributed by atoms with Gasteiger partial charge < -0.3 is 0 Å². The Bertz CT molecular complexity index is 391. The molecule has 0 bridgehead atoms. The molecular formula is C14H15N. The van der Waals surface area contributed by atoms with E-state index >= 15 is 0 Å². The summed E-state index contributed by atoms with van der Waals surface area (Å²) in [6, 6.07) is 6.25. The van der Waals surface area contributed by atoms with Crippen molar-refractivity contribution >= 4 is 0 Å². The van der Waals surface area contributed by atoms with Gasteiger partial charge in [-0.15, -0.1) is 0 Å². The number of hydrogen-bond donors (Lipinski definition) is 0. The molecule has 0 amide bonds. The zero-order valence-electron chi connectivity index (χ0n) is 8.71. The average Bonchev–Trinajstić information content (AvgIpc) is 2.74. The molecule has 1 fully saturated rings. The van der Waals surface area contributed by atoms with Crippen LogP contribution in [0.4, 0.5) is 0 Å². The van der Waals surface area contributed by atoms with Gasteiger partial charge in [-0.3, -0.25) is 4.98 Å². The summed E-state index contributed by atoms with van der Waals surface area (Å²) in [6.45, 7) is 0. The Balaban J connectivity index is 1.90. The standard InChI is InChI=1S/C14H15N/c1-2-6-12-11(5-1)8-9-13(12)14-7-3-4-10-15-14/h1-7,10-13H,8-9H2. The molecule has 0 aliphatic heterocycles. The molecule has 1 heterocycles. The Morgan fingerprint density at radius 1 is 1.07 bits per heavy atom. The fourth-order valence-corrected chi connectivity index (χ4v) is 2.90. The molecule has 0 N–H and O–H groups in total. The lowest BCUT2D eigenvalue weighted by molar-refractivity contribution is 0.501. The molecule has 3 rings (SSSR count). The Labute approximate surface area is 90.5 Å². The van der Waals surface area contributed by atoms with Gasteiger partial charge in [0.05, 0.1) is 0 Å². The summed E-state index contributed by atoms with van der Waals surface area (Å²) in [5, 5.41) is 0. The summed E-state index contributed by atoms with van der Waals surface area (Å²) in [5.74, 6) is 2.07. The minimum absolute atomic E-state index is 0.636. The predicted octanol–water partition coefficient (Wildman–Crippen LogP) is 3.32. The molecule has 0 saturated heterocycles. The topological polar surface area (TPSA) is 12.9 Å². The van der Waals surface area contributed by atoms with Crippen molar-refractivity contribution in [3.8, 4) is 0 Å². The molecule has 1 heteroatoms. The summed E-state index contributed by atoms with van der Waals surface area (Å²) >= 11 is 0. The van der Waals surface area contributed by atoms with Gasteiger partial charge in [-0.1, -0.05) is 30.4 Å². The lowest BCUT2D eigenvalue weighted by Crippen LogP contribution is -2.12. The second-order valence-electron chi connectivity index (χ2n) is 4.45. The summed E-state index contributed by atoms with van der Waals surface area (Å²) in [7, 11) is 0. The number of allylic oxidation sites excluding steroid dienone is 4. The average molecular weight is 197 g/mol. The maximum atomic E-state index is 4.49. The summed E-state index contributed by atoms with van der Waals surface area (Å²) in [4.78, 5) is 4.49. The van der Waals surface area contributed by atoms with Crippen molar-refractivity contribution < 1.29 is 0 Å². The number of rotatable bonds is 1. The number of aromatic nitrogens is 1. The van der Waals surface area contributed by atoms with Gasteiger partial charge in [-0.05, 0) is 36.8 Å². The molecular weight excluding hydrogens is 182 g/mol. The lowest BCUT2D eigenvalue weighted by Gasteiger charge is -2.21. The molecule has 3 unspecified atom stereocenters. The molecule has 0 aromatic carbocycles. The molecule has 1 saturated carbocycles. The van der Waals surface area contributed by atoms with Gasteiger partial charge >= 0.3 is 0 Å². The summed E-state index contributed by atoms with van der Waals surface area (Å²) < 4.78 is 0. The van der Waals surface area contributed by atoms with E-state index in [2.05, 4.69) is 41.4 Å². The van der Waals surface area contributed by atoms with Crippen LogP contribution in [0.1, 0.15) is 24.5 Å². The Kier molecular flexibility index (Phi) is 2.17. The molecule has 0 spiro atoms. The van der Waals surface area contributed by atoms with Gasteiger partial charge in [0.15, 0.2) is 0 Å². The van der Waals surface area contributed by atoms with E-state index in [0.717, 1.165) is 5.92 Å². The quantitative estimate of drug-likeness (QED) is 0.673. The van der Waals surface area contributed by atoms with E-state index in [-0.39, 0.29) is 0 Å². The first kappa shape index (κ1) is 8.90. The third kappa shape index (κ3) is 1.52. The van der Waals surface area contributed by atoms with Crippen molar-refractivity contribution in [3.05, 3.63) is 54.4 Å². The molecule has 1 aromatic heterocycles. The monoisotopic (exact) mass is 197 g/mol. The third-order valence-electron chi connectivity index (χ3n) is 3.64. The summed E-state index contributed by atoms with van der Waals surface area (Å²) in [5.41, 5.74) is 1.27. The SMILES string of the molecule is C1=CC2CCC(c3ccccn3)C2C=C1. The minimum Gasteiger partial charge on any atom is -0.261 e. The van der Waals surface area contributed by atoms with E-state index in [1.807, 2.05) is 12.3 Å². The molecule has 15 heavy (non-hydrogen) atoms. The normalized spacial score (nSPS) is 32.9. The highest BCUT2D eigenvalue weighted by Crippen LogP contribution is 2.45. The fourth-order valence-electron chi connectivity index (χ4n) is 2.90. The largest absolute Gasteiger partial charge is 0.261 e. The highest BCUT2D eigenvalue weighted by molar-refractivity contribution is 5.24. The highest BCUT2D eigenvalue weighted by Gasteiger charge is 2.35. The van der Waals surface area contributed by atoms with Crippen LogP contribution in [-0.2, 0) is 0 Å². The fraction of sp³-hybridized carbons (Fsp3) is 0.357. The van der Waals surface area contributed by atoms with Crippen LogP contribution in [0.2, 0.25) is 0 Å². The Hall–Kier alpha value is -1.37. The number of hydrogen-bond acceptors (Lipinski definition) is 1. The number of fused-ring (bicyclic) bond motifs is 1. The van der Waals surface area contributed by atoms with Gasteiger partial charge in [-0.2, -0.15) is 0 Å². The second-order valence-corrected chi connectivity index (χ2v) is 4.45. The highest BCUT2D eigenvalue weighted by atomic mass is 14.7. The second kappa shape index (κ2) is 3.65. The molecule has 2 aliphatic carbocycles. The van der Waals surface area contributed by atoms with E-state index in [9.17, 15) is 0 Å². The molecule has 3 atom stereocenters. The third-order valence-corrected chi connectivity index (χ3v) is 3.64. The smallest absolute Gasteiger partial charge is 0.0440 e. The zero-order valence-corrected chi connectivity index (χ0v) is 8.71. The number of pyridine rings is 1. The van der Waals surface area contributed by atoms with Gasteiger partial charge in [0.2, 0.25) is 0 Å². The molecule has 76 valence electrons. The maximum Gasteiger partial charge on any atom is 0.0440 e. The van der Waals surface area contributed by atoms with E-state index in [1.54, 1.807) is 0 Å². The van der Waals surface area contributed by atoms with Crippen LogP contribution in [0.3, 0.4) is 0 Å². The van der Waals surface area contributed by atoms with Crippen LogP contribution in [0.25, 0.3) is 0 Å². The van der Waals surface area contributed by atoms with Crippen molar-refractivity contribution in [2.75, 3.05) is 0 Å². The molecule has 1 nitrogen and oxygen atoms in total. The van der Waals surface area contributed by atoms with Gasteiger partial charge in [0, 0.05) is 17.8 Å². The maximum absolute atomic E-state index is 4.49. The van der Waals surface area contributed by atoms with Gasteiger partial charge in [-0.25, -0.2) is 0 Å². The van der Waals surface area contributed by atoms with Gasteiger partial charge in [0.1, 0.15) is 0 Å². The van der Waals surface area contributed by atoms with Crippen molar-refractivity contribution in [2.45, 2.75) is 18.8 Å². The first-order valence-electron chi connectivity index (χ1n) is 5.71. The van der Waals surface area contributed by atoms with Crippen molar-refractivity contribution in [1.82, 2.24) is 4.98 Å². The number of nitrogens with zero attached hydrogens (tertiary/aromatic N) is 1. The van der Waals surface area contributed by atoms with E-state index < -0.39 is 0 Å². The first-order valence-corrected chi connectivity index (χ1v) is 5.71. The van der Waals surface area contributed by atoms with Crippen LogP contribution < -0.4 is 0 Å². The van der Waals surface area contributed by atoms with Crippen LogP contribution in [-0.4, -0.2) is 4.98 Å². The van der Waals surface area contributed by atoms with Crippen molar-refractivity contribution in [1.29, 1.82) is 0 Å². The predicted molar refractivity (Wildman–Crippen MR) is 61.5 cm³/mol. The summed E-state index contributed by atoms with van der Waals surface area (Å²) in [6.07, 6.45) is 13.6. The Morgan fingerprint density at radius 3 is 2.87 bits per heavy atom. The van der Waals surface area contributed by atoms with Crippen LogP contribution in [0, 0.1) is 11.8 Å². The van der Waals surface area contributed by atoms with Crippen LogP contribution in [0.15, 0.2) is 48.7 Å². The molecule has 0 radical (unpaired) electrons. The van der Waals surface area contributed by atoms with Crippen LogP contribution >= 0.6 is 0 Å². The molecule has 2 aliphatic rings. The minimum atomic E-state index is 0.636. The lowest BCUT2D eigenvalue weighted by atomic mass is 9.84. The van der Waals surface area contributed by atoms with Gasteiger partial charge in [0.25, 0.3) is 0 Å². The Morgan fingerprint density at radius 2 is 2.00 bits per heavy atom. The van der Waals surface area contributed by atoms with E-state index in [1.165, 1.54) is 18.5 Å².